The Bertz CT molecular complexity index is 3180. The van der Waals surface area contributed by atoms with Gasteiger partial charge in [0.1, 0.15) is 0 Å². The Balaban J connectivity index is 0.000000496. The van der Waals surface area contributed by atoms with Gasteiger partial charge in [0.2, 0.25) is 0 Å². The van der Waals surface area contributed by atoms with E-state index >= 15 is 0 Å². The van der Waals surface area contributed by atoms with Gasteiger partial charge >= 0.3 is 0 Å². The number of benzene rings is 7. The molecule has 3 heterocycles. The third-order valence-electron chi connectivity index (χ3n) is 10.5. The molecule has 0 saturated carbocycles. The Hall–Kier alpha value is -7.75. The molecule has 274 valence electrons. The largest absolute Gasteiger partial charge is 0.248 e. The zero-order valence-corrected chi connectivity index (χ0v) is 32.0. The number of nitrogens with zero attached hydrogens (tertiary/aromatic N) is 3. The number of hydrogen-bond acceptors (Lipinski definition) is 3. The van der Waals surface area contributed by atoms with Gasteiger partial charge in [-0.1, -0.05) is 184 Å². The zero-order valence-electron chi connectivity index (χ0n) is 32.0. The first-order valence-electron chi connectivity index (χ1n) is 19.4. The van der Waals surface area contributed by atoms with Crippen LogP contribution in [0.3, 0.4) is 0 Å². The lowest BCUT2D eigenvalue weighted by atomic mass is 9.94. The van der Waals surface area contributed by atoms with Crippen LogP contribution in [0.5, 0.6) is 0 Å². The highest BCUT2D eigenvalue weighted by molar-refractivity contribution is 6.10. The van der Waals surface area contributed by atoms with Crippen molar-refractivity contribution >= 4 is 54.4 Å². The number of fused-ring (bicyclic) bond motifs is 6. The van der Waals surface area contributed by atoms with E-state index in [4.69, 9.17) is 15.0 Å². The van der Waals surface area contributed by atoms with Gasteiger partial charge < -0.3 is 0 Å². The van der Waals surface area contributed by atoms with Crippen molar-refractivity contribution in [3.05, 3.63) is 226 Å². The van der Waals surface area contributed by atoms with Crippen LogP contribution in [0.4, 0.5) is 0 Å². The molecule has 0 N–H and O–H groups in total. The molecular weight excluding hydrogens is 703 g/mol. The van der Waals surface area contributed by atoms with E-state index in [2.05, 4.69) is 196 Å². The van der Waals surface area contributed by atoms with Crippen molar-refractivity contribution in [3.8, 4) is 44.8 Å². The molecule has 0 aliphatic rings. The van der Waals surface area contributed by atoms with Crippen LogP contribution in [0.2, 0.25) is 0 Å². The van der Waals surface area contributed by atoms with E-state index in [0.29, 0.717) is 0 Å². The van der Waals surface area contributed by atoms with Crippen molar-refractivity contribution in [1.82, 2.24) is 15.0 Å². The molecule has 0 aliphatic heterocycles. The highest BCUT2D eigenvalue weighted by Gasteiger charge is 2.14. The van der Waals surface area contributed by atoms with E-state index in [1.165, 1.54) is 27.5 Å². The molecule has 0 saturated heterocycles. The van der Waals surface area contributed by atoms with Gasteiger partial charge in [-0.3, -0.25) is 0 Å². The summed E-state index contributed by atoms with van der Waals surface area (Å²) in [5.74, 6) is 0. The highest BCUT2D eigenvalue weighted by atomic mass is 14.8. The predicted octanol–water partition coefficient (Wildman–Crippen LogP) is 14.8. The number of para-hydroxylation sites is 2. The minimum atomic E-state index is 0.900. The minimum Gasteiger partial charge on any atom is -0.248 e. The van der Waals surface area contributed by atoms with Crippen LogP contribution < -0.4 is 0 Å². The van der Waals surface area contributed by atoms with Crippen molar-refractivity contribution in [1.29, 1.82) is 0 Å². The Morgan fingerprint density at radius 2 is 0.931 bits per heavy atom. The maximum Gasteiger partial charge on any atom is 0.0972 e. The van der Waals surface area contributed by atoms with Crippen molar-refractivity contribution in [3.63, 3.8) is 0 Å². The topological polar surface area (TPSA) is 38.7 Å². The standard InChI is InChI=1S/C47H29N3.C8H10/c1-2-16-37-30(10-1)11-9-19-38(37)33-12-7-13-34(28-33)41-26-24-31-22-23-32-25-27-42(50-47(32)46(31)49-41)35-14-8-15-36(29-35)45-39-17-3-5-20-43(39)48-44-21-6-4-18-40(44)45;1-4-6-7-8(3)5-2/h1-29H;4-7H,1-3H2/b;7-6-. The van der Waals surface area contributed by atoms with Gasteiger partial charge in [-0.05, 0) is 69.4 Å². The number of allylic oxidation sites excluding steroid dienone is 5. The van der Waals surface area contributed by atoms with Crippen molar-refractivity contribution in [2.45, 2.75) is 0 Å². The second-order valence-corrected chi connectivity index (χ2v) is 14.2. The molecule has 3 nitrogen and oxygen atoms in total. The van der Waals surface area contributed by atoms with Crippen LogP contribution in [0, 0.1) is 0 Å². The molecular formula is C55H39N3. The summed E-state index contributed by atoms with van der Waals surface area (Å²) in [5, 5.41) is 6.90. The van der Waals surface area contributed by atoms with Gasteiger partial charge in [0.15, 0.2) is 0 Å². The van der Waals surface area contributed by atoms with E-state index < -0.39 is 0 Å². The number of pyridine rings is 3. The molecule has 3 aromatic heterocycles. The summed E-state index contributed by atoms with van der Waals surface area (Å²) >= 11 is 0. The molecule has 0 spiro atoms. The predicted molar refractivity (Wildman–Crippen MR) is 248 cm³/mol. The normalized spacial score (nSPS) is 11.2. The smallest absolute Gasteiger partial charge is 0.0972 e. The summed E-state index contributed by atoms with van der Waals surface area (Å²) in [4.78, 5) is 15.5. The van der Waals surface area contributed by atoms with Crippen molar-refractivity contribution < 1.29 is 0 Å². The summed E-state index contributed by atoms with van der Waals surface area (Å²) in [5.41, 5.74) is 13.4. The molecule has 58 heavy (non-hydrogen) atoms. The van der Waals surface area contributed by atoms with Crippen molar-refractivity contribution in [2.75, 3.05) is 0 Å². The second kappa shape index (κ2) is 15.8. The quantitative estimate of drug-likeness (QED) is 0.0927. The average molecular weight is 742 g/mol. The molecule has 0 unspecified atom stereocenters. The Kier molecular flexibility index (Phi) is 9.77. The van der Waals surface area contributed by atoms with Crippen LogP contribution in [0.15, 0.2) is 226 Å². The van der Waals surface area contributed by atoms with Gasteiger partial charge in [-0.25, -0.2) is 15.0 Å². The third kappa shape index (κ3) is 6.98. The summed E-state index contributed by atoms with van der Waals surface area (Å²) < 4.78 is 0. The lowest BCUT2D eigenvalue weighted by molar-refractivity contribution is 1.36. The fourth-order valence-corrected chi connectivity index (χ4v) is 7.66. The summed E-state index contributed by atoms with van der Waals surface area (Å²) in [7, 11) is 0. The van der Waals surface area contributed by atoms with E-state index in [0.717, 1.165) is 77.3 Å². The van der Waals surface area contributed by atoms with Crippen LogP contribution >= 0.6 is 0 Å². The lowest BCUT2D eigenvalue weighted by Crippen LogP contribution is -1.92. The number of aromatic nitrogens is 3. The molecule has 0 amide bonds. The number of rotatable bonds is 7. The van der Waals surface area contributed by atoms with Crippen LogP contribution in [0.1, 0.15) is 0 Å². The molecule has 10 rings (SSSR count). The highest BCUT2D eigenvalue weighted by Crippen LogP contribution is 2.37. The maximum atomic E-state index is 5.29. The van der Waals surface area contributed by atoms with Crippen LogP contribution in [-0.2, 0) is 0 Å². The van der Waals surface area contributed by atoms with Crippen molar-refractivity contribution in [2.24, 2.45) is 0 Å². The molecule has 10 aromatic rings. The zero-order chi connectivity index (χ0) is 39.4. The summed E-state index contributed by atoms with van der Waals surface area (Å²) in [6, 6.07) is 62.1. The van der Waals surface area contributed by atoms with Gasteiger partial charge in [0.25, 0.3) is 0 Å². The van der Waals surface area contributed by atoms with Gasteiger partial charge in [-0.15, -0.1) is 0 Å². The molecule has 0 radical (unpaired) electrons. The van der Waals surface area contributed by atoms with Gasteiger partial charge in [-0.2, -0.15) is 0 Å². The maximum absolute atomic E-state index is 5.29. The monoisotopic (exact) mass is 741 g/mol. The molecule has 0 fully saturated rings. The van der Waals surface area contributed by atoms with E-state index in [1.54, 1.807) is 12.2 Å². The summed E-state index contributed by atoms with van der Waals surface area (Å²) in [6.45, 7) is 10.7. The Labute approximate surface area is 338 Å². The number of hydrogen-bond donors (Lipinski definition) is 0. The SMILES string of the molecule is C=C/C=C\C(=C)C=C.c1cc(-c2ccc3ccc4ccc(-c5cccc(-c6c7ccccc7nc7ccccc67)c5)nc4c3n2)cc(-c2cccc3ccccc23)c1. The molecule has 0 aliphatic carbocycles. The average Bonchev–Trinajstić information content (AvgIpc) is 3.29. The fourth-order valence-electron chi connectivity index (χ4n) is 7.66. The van der Waals surface area contributed by atoms with E-state index in [9.17, 15) is 0 Å². The molecule has 3 heteroatoms. The van der Waals surface area contributed by atoms with E-state index in [1.807, 2.05) is 12.2 Å². The summed E-state index contributed by atoms with van der Waals surface area (Å²) in [6.07, 6.45) is 7.07. The first-order valence-corrected chi connectivity index (χ1v) is 19.4. The molecule has 0 bridgehead atoms. The molecule has 0 atom stereocenters. The minimum absolute atomic E-state index is 0.900. The van der Waals surface area contributed by atoms with E-state index in [-0.39, 0.29) is 0 Å². The van der Waals surface area contributed by atoms with Gasteiger partial charge in [0.05, 0.1) is 33.5 Å². The third-order valence-corrected chi connectivity index (χ3v) is 10.5. The lowest BCUT2D eigenvalue weighted by Gasteiger charge is -2.13. The second-order valence-electron chi connectivity index (χ2n) is 14.2. The van der Waals surface area contributed by atoms with Gasteiger partial charge in [0, 0.05) is 38.2 Å². The molecule has 7 aromatic carbocycles. The van der Waals surface area contributed by atoms with Crippen LogP contribution in [0.25, 0.3) is 99.2 Å². The van der Waals surface area contributed by atoms with Crippen LogP contribution in [-0.4, -0.2) is 15.0 Å². The Morgan fingerprint density at radius 3 is 1.55 bits per heavy atom. The first kappa shape index (κ1) is 35.9. The Morgan fingerprint density at radius 1 is 0.431 bits per heavy atom. The first-order chi connectivity index (χ1) is 28.6. The fraction of sp³-hybridized carbons (Fsp3) is 0.